The van der Waals surface area contributed by atoms with Crippen LogP contribution in [-0.4, -0.2) is 15.3 Å². The second-order valence-corrected chi connectivity index (χ2v) is 8.12. The molecular weight excluding hydrogens is 378 g/mol. The fourth-order valence-corrected chi connectivity index (χ4v) is 4.44. The average Bonchev–Trinajstić information content (AvgIpc) is 3.03. The largest absolute Gasteiger partial charge is 0.340 e. The lowest BCUT2D eigenvalue weighted by atomic mass is 9.81. The molecule has 2 N–H and O–H groups in total. The highest BCUT2D eigenvalue weighted by atomic mass is 16.2. The molecule has 0 saturated heterocycles. The van der Waals surface area contributed by atoms with Crippen LogP contribution in [0, 0.1) is 0 Å². The number of anilines is 1. The van der Waals surface area contributed by atoms with Crippen LogP contribution < -0.4 is 16.6 Å². The van der Waals surface area contributed by atoms with Gasteiger partial charge in [-0.05, 0) is 17.0 Å². The van der Waals surface area contributed by atoms with E-state index >= 15 is 0 Å². The highest BCUT2D eigenvalue weighted by Gasteiger charge is 2.42. The lowest BCUT2D eigenvalue weighted by molar-refractivity contribution is 0.103. The Balaban J connectivity index is 1.81. The van der Waals surface area contributed by atoms with Crippen molar-refractivity contribution in [2.75, 3.05) is 5.32 Å². The topological polar surface area (TPSA) is 84.0 Å². The Labute approximate surface area is 172 Å². The number of carbonyl (C=O) groups is 1. The first-order valence-electron chi connectivity index (χ1n) is 9.96. The molecule has 6 heteroatoms. The summed E-state index contributed by atoms with van der Waals surface area (Å²) in [6.07, 6.45) is 0. The van der Waals surface area contributed by atoms with Crippen molar-refractivity contribution < 1.29 is 4.79 Å². The van der Waals surface area contributed by atoms with Crippen molar-refractivity contribution >= 4 is 17.3 Å². The summed E-state index contributed by atoms with van der Waals surface area (Å²) in [5.74, 6) is 0.138. The number of aromatic amines is 1. The van der Waals surface area contributed by atoms with Gasteiger partial charge in [-0.2, -0.15) is 0 Å². The Morgan fingerprint density at radius 3 is 2.27 bits per heavy atom. The molecule has 6 nitrogen and oxygen atoms in total. The minimum atomic E-state index is -0.562. The Morgan fingerprint density at radius 1 is 0.933 bits per heavy atom. The van der Waals surface area contributed by atoms with Crippen molar-refractivity contribution in [3.8, 4) is 0 Å². The number of benzene rings is 2. The number of hydrogen-bond donors (Lipinski definition) is 2. The van der Waals surface area contributed by atoms with E-state index in [1.807, 2.05) is 42.5 Å². The van der Waals surface area contributed by atoms with E-state index in [9.17, 15) is 14.4 Å². The van der Waals surface area contributed by atoms with Gasteiger partial charge < -0.3 is 5.32 Å². The van der Waals surface area contributed by atoms with E-state index in [-0.39, 0.29) is 5.78 Å². The van der Waals surface area contributed by atoms with Crippen LogP contribution >= 0.6 is 0 Å². The van der Waals surface area contributed by atoms with Gasteiger partial charge in [0.25, 0.3) is 5.56 Å². The molecule has 0 amide bonds. The molecule has 0 radical (unpaired) electrons. The zero-order chi connectivity index (χ0) is 21.2. The normalized spacial score (nSPS) is 16.9. The van der Waals surface area contributed by atoms with Crippen LogP contribution in [0.1, 0.15) is 58.3 Å². The summed E-state index contributed by atoms with van der Waals surface area (Å²) in [7, 11) is 1.61. The number of H-pyrrole nitrogens is 1. The minimum absolute atomic E-state index is 0.0926. The van der Waals surface area contributed by atoms with Gasteiger partial charge >= 0.3 is 5.69 Å². The first-order valence-corrected chi connectivity index (χ1v) is 9.96. The maximum Gasteiger partial charge on any atom is 0.329 e. The third-order valence-electron chi connectivity index (χ3n) is 6.07. The fraction of sp³-hybridized carbons (Fsp3) is 0.208. The van der Waals surface area contributed by atoms with E-state index in [4.69, 9.17) is 0 Å². The number of Topliss-reactive ketones (excluding diaryl/α,β-unsaturated/α-hetero) is 1. The summed E-state index contributed by atoms with van der Waals surface area (Å²) < 4.78 is 1.39. The van der Waals surface area contributed by atoms with E-state index in [1.165, 1.54) is 10.1 Å². The molecule has 2 heterocycles. The number of ketones is 1. The molecule has 150 valence electrons. The molecule has 0 fully saturated rings. The van der Waals surface area contributed by atoms with E-state index < -0.39 is 17.2 Å². The molecular formula is C24H21N3O3. The highest BCUT2D eigenvalue weighted by Crippen LogP contribution is 2.47. The zero-order valence-corrected chi connectivity index (χ0v) is 16.9. The second-order valence-electron chi connectivity index (χ2n) is 8.12. The molecule has 5 rings (SSSR count). The molecule has 3 aromatic rings. The van der Waals surface area contributed by atoms with Gasteiger partial charge in [-0.3, -0.25) is 19.1 Å². The van der Waals surface area contributed by atoms with Gasteiger partial charge in [-0.1, -0.05) is 62.4 Å². The van der Waals surface area contributed by atoms with Gasteiger partial charge in [-0.15, -0.1) is 0 Å². The third kappa shape index (κ3) is 2.46. The third-order valence-corrected chi connectivity index (χ3v) is 6.07. The van der Waals surface area contributed by atoms with E-state index in [0.717, 1.165) is 11.1 Å². The molecule has 2 aliphatic rings. The molecule has 1 atom stereocenters. The van der Waals surface area contributed by atoms with Crippen molar-refractivity contribution in [1.29, 1.82) is 0 Å². The summed E-state index contributed by atoms with van der Waals surface area (Å²) in [6.45, 7) is 4.24. The maximum atomic E-state index is 13.4. The van der Waals surface area contributed by atoms with Crippen LogP contribution in [0.15, 0.2) is 63.7 Å². The van der Waals surface area contributed by atoms with Crippen molar-refractivity contribution in [3.05, 3.63) is 103 Å². The standard InChI is InChI=1S/C24H21N3O3/c1-12(2)13-8-10-14(11-9-13)17-18-20(15-6-4-5-7-16(15)21(18)28)25-22-19(17)23(29)26-24(30)27(22)3/h4-12,17,25H,1-3H3,(H,26,29,30)/t17-/m1/s1. The van der Waals surface area contributed by atoms with Crippen LogP contribution in [0.2, 0.25) is 0 Å². The predicted octanol–water partition coefficient (Wildman–Crippen LogP) is 3.36. The number of hydrogen-bond acceptors (Lipinski definition) is 4. The first kappa shape index (κ1) is 18.4. The Bertz CT molecular complexity index is 1360. The van der Waals surface area contributed by atoms with Crippen LogP contribution in [0.4, 0.5) is 5.82 Å². The molecule has 0 saturated carbocycles. The van der Waals surface area contributed by atoms with Crippen molar-refractivity contribution in [2.45, 2.75) is 25.7 Å². The van der Waals surface area contributed by atoms with Gasteiger partial charge in [0.15, 0.2) is 5.78 Å². The molecule has 0 unspecified atom stereocenters. The number of carbonyl (C=O) groups excluding carboxylic acids is 1. The fourth-order valence-electron chi connectivity index (χ4n) is 4.44. The summed E-state index contributed by atoms with van der Waals surface area (Å²) in [6, 6.07) is 15.4. The quantitative estimate of drug-likeness (QED) is 0.692. The van der Waals surface area contributed by atoms with E-state index in [1.54, 1.807) is 13.1 Å². The van der Waals surface area contributed by atoms with E-state index in [2.05, 4.69) is 24.1 Å². The molecule has 1 aliphatic heterocycles. The van der Waals surface area contributed by atoms with Crippen LogP contribution in [-0.2, 0) is 7.05 Å². The maximum absolute atomic E-state index is 13.4. The Morgan fingerprint density at radius 2 is 1.60 bits per heavy atom. The molecule has 1 aromatic heterocycles. The summed E-state index contributed by atoms with van der Waals surface area (Å²) in [5.41, 5.74) is 4.04. The summed E-state index contributed by atoms with van der Waals surface area (Å²) in [5, 5.41) is 3.23. The monoisotopic (exact) mass is 399 g/mol. The number of rotatable bonds is 2. The summed E-state index contributed by atoms with van der Waals surface area (Å²) >= 11 is 0. The Hall–Kier alpha value is -3.67. The SMILES string of the molecule is CC(C)c1ccc([C@@H]2C3=C(Nc4c2c(=O)[nH]c(=O)n4C)c2ccccc2C3=O)cc1. The van der Waals surface area contributed by atoms with Crippen molar-refractivity contribution in [3.63, 3.8) is 0 Å². The molecule has 1 aliphatic carbocycles. The second kappa shape index (κ2) is 6.42. The molecule has 30 heavy (non-hydrogen) atoms. The smallest absolute Gasteiger partial charge is 0.329 e. The number of allylic oxidation sites excluding steroid dienone is 1. The molecule has 0 bridgehead atoms. The number of fused-ring (bicyclic) bond motifs is 3. The lowest BCUT2D eigenvalue weighted by Gasteiger charge is -2.29. The molecule has 2 aromatic carbocycles. The van der Waals surface area contributed by atoms with Crippen LogP contribution in [0.3, 0.4) is 0 Å². The van der Waals surface area contributed by atoms with Crippen molar-refractivity contribution in [2.24, 2.45) is 7.05 Å². The summed E-state index contributed by atoms with van der Waals surface area (Å²) in [4.78, 5) is 41.0. The first-order chi connectivity index (χ1) is 14.4. The highest BCUT2D eigenvalue weighted by molar-refractivity contribution is 6.23. The average molecular weight is 399 g/mol. The van der Waals surface area contributed by atoms with Crippen molar-refractivity contribution in [1.82, 2.24) is 9.55 Å². The zero-order valence-electron chi connectivity index (χ0n) is 16.9. The van der Waals surface area contributed by atoms with Gasteiger partial charge in [0.2, 0.25) is 0 Å². The minimum Gasteiger partial charge on any atom is -0.340 e. The predicted molar refractivity (Wildman–Crippen MR) is 116 cm³/mol. The number of aromatic nitrogens is 2. The number of nitrogens with zero attached hydrogens (tertiary/aromatic N) is 1. The van der Waals surface area contributed by atoms with Gasteiger partial charge in [0.1, 0.15) is 5.82 Å². The van der Waals surface area contributed by atoms with Gasteiger partial charge in [0.05, 0.1) is 11.3 Å². The number of nitrogens with one attached hydrogen (secondary N) is 2. The lowest BCUT2D eigenvalue weighted by Crippen LogP contribution is -2.37. The van der Waals surface area contributed by atoms with E-state index in [0.29, 0.717) is 34.1 Å². The van der Waals surface area contributed by atoms with Gasteiger partial charge in [-0.25, -0.2) is 4.79 Å². The Kier molecular flexibility index (Phi) is 3.93. The van der Waals surface area contributed by atoms with Crippen LogP contribution in [0.25, 0.3) is 5.70 Å². The molecule has 0 spiro atoms. The van der Waals surface area contributed by atoms with Gasteiger partial charge in [0, 0.05) is 29.7 Å². The van der Waals surface area contributed by atoms with Crippen LogP contribution in [0.5, 0.6) is 0 Å².